The molecular weight excluding hydrogens is 474 g/mol. The van der Waals surface area contributed by atoms with Gasteiger partial charge >= 0.3 is 0 Å². The number of aryl methyl sites for hydroxylation is 1. The maximum absolute atomic E-state index is 10.6. The molecule has 8 nitrogen and oxygen atoms in total. The molecule has 9 heteroatoms. The van der Waals surface area contributed by atoms with Crippen LogP contribution in [0.25, 0.3) is 15.8 Å². The second-order valence-corrected chi connectivity index (χ2v) is 10.7. The first-order valence-corrected chi connectivity index (χ1v) is 12.7. The van der Waals surface area contributed by atoms with Gasteiger partial charge in [0.05, 0.1) is 28.0 Å². The Morgan fingerprint density at radius 3 is 2.64 bits per heavy atom. The van der Waals surface area contributed by atoms with Gasteiger partial charge in [-0.25, -0.2) is 15.0 Å². The molecule has 4 rings (SSSR count). The van der Waals surface area contributed by atoms with Gasteiger partial charge in [0.2, 0.25) is 5.96 Å². The summed E-state index contributed by atoms with van der Waals surface area (Å²) in [5.74, 6) is -0.0920. The van der Waals surface area contributed by atoms with Crippen molar-refractivity contribution in [3.63, 3.8) is 0 Å². The van der Waals surface area contributed by atoms with Crippen molar-refractivity contribution >= 4 is 45.5 Å². The highest BCUT2D eigenvalue weighted by Crippen LogP contribution is 2.35. The molecule has 1 saturated carbocycles. The Bertz CT molecular complexity index is 1250. The number of guanidine groups is 1. The zero-order chi connectivity index (χ0) is 25.9. The van der Waals surface area contributed by atoms with Crippen LogP contribution in [-0.4, -0.2) is 63.4 Å². The second kappa shape index (κ2) is 11.0. The highest BCUT2D eigenvalue weighted by atomic mass is 32.1. The third-order valence-electron chi connectivity index (χ3n) is 6.48. The number of aliphatic hydroxyl groups is 3. The molecule has 2 aromatic carbocycles. The van der Waals surface area contributed by atoms with Crippen molar-refractivity contribution in [3.05, 3.63) is 65.3 Å². The second-order valence-electron chi connectivity index (χ2n) is 9.71. The molecule has 36 heavy (non-hydrogen) atoms. The van der Waals surface area contributed by atoms with Crippen molar-refractivity contribution in [1.29, 1.82) is 0 Å². The van der Waals surface area contributed by atoms with Gasteiger partial charge in [-0.2, -0.15) is 0 Å². The Morgan fingerprint density at radius 1 is 1.19 bits per heavy atom. The fourth-order valence-electron chi connectivity index (χ4n) is 4.47. The van der Waals surface area contributed by atoms with Crippen LogP contribution in [0.5, 0.6) is 0 Å². The number of anilines is 1. The molecule has 190 valence electrons. The first-order chi connectivity index (χ1) is 17.2. The maximum Gasteiger partial charge on any atom is 0.226 e. The van der Waals surface area contributed by atoms with Gasteiger partial charge < -0.3 is 26.0 Å². The molecule has 0 unspecified atom stereocenters. The molecule has 3 aromatic rings. The molecule has 0 amide bonds. The molecule has 0 radical (unpaired) electrons. The van der Waals surface area contributed by atoms with Crippen molar-refractivity contribution in [2.75, 3.05) is 11.9 Å². The van der Waals surface area contributed by atoms with Crippen LogP contribution in [0.4, 0.5) is 5.69 Å². The summed E-state index contributed by atoms with van der Waals surface area (Å²) in [6, 6.07) is 15.4. The SMILES string of the molecule is C=NC(=N/C=C(\CN[C@@H]1C[C@H](C(C)(C)O)[C@@H](O)[C@H]1O)c1nc2ccccc2s1)Nc1cccc(C)c1. The molecule has 1 aromatic heterocycles. The molecule has 1 aliphatic rings. The average Bonchev–Trinajstić information content (AvgIpc) is 3.39. The fourth-order valence-corrected chi connectivity index (χ4v) is 5.44. The largest absolute Gasteiger partial charge is 0.390 e. The van der Waals surface area contributed by atoms with E-state index in [4.69, 9.17) is 4.98 Å². The van der Waals surface area contributed by atoms with E-state index in [0.717, 1.165) is 32.0 Å². The van der Waals surface area contributed by atoms with Gasteiger partial charge in [0.15, 0.2) is 0 Å². The number of hydrogen-bond donors (Lipinski definition) is 5. The van der Waals surface area contributed by atoms with E-state index in [1.54, 1.807) is 31.4 Å². The molecular formula is C27H33N5O3S. The summed E-state index contributed by atoms with van der Waals surface area (Å²) < 4.78 is 1.06. The molecule has 5 N–H and O–H groups in total. The zero-order valence-corrected chi connectivity index (χ0v) is 21.5. The Hall–Kier alpha value is -2.95. The predicted octanol–water partition coefficient (Wildman–Crippen LogP) is 3.59. The van der Waals surface area contributed by atoms with Crippen LogP contribution in [0.2, 0.25) is 0 Å². The number of aliphatic imine (C=N–C) groups is 2. The number of nitrogens with one attached hydrogen (secondary N) is 2. The van der Waals surface area contributed by atoms with Crippen molar-refractivity contribution in [1.82, 2.24) is 10.3 Å². The van der Waals surface area contributed by atoms with Gasteiger partial charge in [-0.3, -0.25) is 0 Å². The van der Waals surface area contributed by atoms with E-state index in [0.29, 0.717) is 18.9 Å². The standard InChI is InChI=1S/C27H33N5O3S/c1-16-8-7-9-18(12-16)31-26(28-4)30-15-17(25-32-20-10-5-6-11-22(20)36-25)14-29-21-13-19(27(2,3)35)23(33)24(21)34/h5-12,15,19,21,23-24,29,33-35H,4,13-14H2,1-3H3,(H,30,31)/b17-15+/t19-,21+,23+,24-/m0/s1. The summed E-state index contributed by atoms with van der Waals surface area (Å²) in [5.41, 5.74) is 2.57. The molecule has 0 aliphatic heterocycles. The van der Waals surface area contributed by atoms with Gasteiger partial charge in [0.1, 0.15) is 5.01 Å². The first-order valence-electron chi connectivity index (χ1n) is 11.9. The van der Waals surface area contributed by atoms with Crippen LogP contribution in [0.15, 0.2) is 64.7 Å². The highest BCUT2D eigenvalue weighted by molar-refractivity contribution is 7.19. The van der Waals surface area contributed by atoms with Crippen LogP contribution < -0.4 is 10.6 Å². The van der Waals surface area contributed by atoms with E-state index >= 15 is 0 Å². The monoisotopic (exact) mass is 507 g/mol. The number of hydrogen-bond acceptors (Lipinski definition) is 7. The topological polar surface area (TPSA) is 122 Å². The predicted molar refractivity (Wildman–Crippen MR) is 148 cm³/mol. The summed E-state index contributed by atoms with van der Waals surface area (Å²) in [6.45, 7) is 9.31. The number of para-hydroxylation sites is 1. The number of fused-ring (bicyclic) bond motifs is 1. The molecule has 0 saturated heterocycles. The lowest BCUT2D eigenvalue weighted by atomic mass is 9.88. The van der Waals surface area contributed by atoms with Gasteiger partial charge in [-0.1, -0.05) is 24.3 Å². The van der Waals surface area contributed by atoms with Gasteiger partial charge in [-0.05, 0) is 63.7 Å². The van der Waals surface area contributed by atoms with Crippen LogP contribution in [0.1, 0.15) is 30.8 Å². The van der Waals surface area contributed by atoms with E-state index < -0.39 is 23.7 Å². The van der Waals surface area contributed by atoms with Crippen molar-refractivity contribution in [3.8, 4) is 0 Å². The third kappa shape index (κ3) is 6.05. The van der Waals surface area contributed by atoms with Crippen molar-refractivity contribution < 1.29 is 15.3 Å². The molecule has 4 atom stereocenters. The number of benzene rings is 2. The van der Waals surface area contributed by atoms with E-state index in [-0.39, 0.29) is 6.04 Å². The van der Waals surface area contributed by atoms with Crippen molar-refractivity contribution in [2.45, 2.75) is 51.0 Å². The van der Waals surface area contributed by atoms with Crippen LogP contribution in [0.3, 0.4) is 0 Å². The van der Waals surface area contributed by atoms with Crippen LogP contribution >= 0.6 is 11.3 Å². The third-order valence-corrected chi connectivity index (χ3v) is 7.59. The first kappa shape index (κ1) is 26.1. The van der Waals surface area contributed by atoms with Gasteiger partial charge in [-0.15, -0.1) is 11.3 Å². The van der Waals surface area contributed by atoms with Crippen LogP contribution in [0, 0.1) is 12.8 Å². The van der Waals surface area contributed by atoms with E-state index in [1.165, 1.54) is 0 Å². The maximum atomic E-state index is 10.6. The minimum absolute atomic E-state index is 0.345. The smallest absolute Gasteiger partial charge is 0.226 e. The van der Waals surface area contributed by atoms with E-state index in [2.05, 4.69) is 27.3 Å². The summed E-state index contributed by atoms with van der Waals surface area (Å²) in [7, 11) is 0. The Balaban J connectivity index is 1.59. The molecule has 0 bridgehead atoms. The normalized spacial score (nSPS) is 23.3. The minimum Gasteiger partial charge on any atom is -0.390 e. The lowest BCUT2D eigenvalue weighted by molar-refractivity contribution is -0.0608. The van der Waals surface area contributed by atoms with Crippen LogP contribution in [-0.2, 0) is 0 Å². The quantitative estimate of drug-likeness (QED) is 0.246. The molecule has 1 fully saturated rings. The number of rotatable bonds is 7. The fraction of sp³-hybridized carbons (Fsp3) is 0.370. The Morgan fingerprint density at radius 2 is 1.97 bits per heavy atom. The number of thiazole rings is 1. The molecule has 0 spiro atoms. The average molecular weight is 508 g/mol. The van der Waals surface area contributed by atoms with Gasteiger partial charge in [0.25, 0.3) is 0 Å². The summed E-state index contributed by atoms with van der Waals surface area (Å²) in [6.07, 6.45) is 0.139. The lowest BCUT2D eigenvalue weighted by Gasteiger charge is -2.28. The summed E-state index contributed by atoms with van der Waals surface area (Å²) >= 11 is 1.55. The number of nitrogens with zero attached hydrogens (tertiary/aromatic N) is 3. The highest BCUT2D eigenvalue weighted by Gasteiger charge is 2.47. The zero-order valence-electron chi connectivity index (χ0n) is 20.7. The minimum atomic E-state index is -1.10. The lowest BCUT2D eigenvalue weighted by Crippen LogP contribution is -2.42. The number of aliphatic hydroxyl groups excluding tert-OH is 2. The number of aromatic nitrogens is 1. The molecule has 1 heterocycles. The Kier molecular flexibility index (Phi) is 7.97. The summed E-state index contributed by atoms with van der Waals surface area (Å²) in [4.78, 5) is 13.3. The van der Waals surface area contributed by atoms with Crippen molar-refractivity contribution in [2.24, 2.45) is 15.9 Å². The summed E-state index contributed by atoms with van der Waals surface area (Å²) in [5, 5.41) is 38.8. The molecule has 1 aliphatic carbocycles. The van der Waals surface area contributed by atoms with E-state index in [1.807, 2.05) is 55.5 Å². The van der Waals surface area contributed by atoms with E-state index in [9.17, 15) is 15.3 Å². The van der Waals surface area contributed by atoms with Gasteiger partial charge in [0, 0.05) is 36.0 Å². The Labute approximate surface area is 215 Å².